The van der Waals surface area contributed by atoms with E-state index in [0.717, 1.165) is 38.8 Å². The predicted octanol–water partition coefficient (Wildman–Crippen LogP) is 0.465. The molecule has 0 saturated carbocycles. The third-order valence-corrected chi connectivity index (χ3v) is 3.66. The number of carboxylic acids is 1. The number of aliphatic hydroxyl groups is 1. The van der Waals surface area contributed by atoms with Crippen molar-refractivity contribution in [2.45, 2.75) is 50.4 Å². The minimum atomic E-state index is -0.821. The van der Waals surface area contributed by atoms with Crippen LogP contribution in [-0.2, 0) is 9.53 Å². The summed E-state index contributed by atoms with van der Waals surface area (Å²) in [5.41, 5.74) is 0. The molecule has 98 valence electrons. The van der Waals surface area contributed by atoms with E-state index in [1.54, 1.807) is 0 Å². The molecule has 3 atom stereocenters. The number of β-amino-alcohol motifs (C(OH)–C–C–N with tert-alkyl or cyclic N) is 1. The molecular weight excluding hydrogens is 222 g/mol. The second-order valence-electron chi connectivity index (χ2n) is 5.02. The Bertz CT molecular complexity index is 265. The van der Waals surface area contributed by atoms with Crippen LogP contribution in [0.5, 0.6) is 0 Å². The summed E-state index contributed by atoms with van der Waals surface area (Å²) in [5, 5.41) is 18.5. The molecule has 0 aromatic heterocycles. The zero-order valence-electron chi connectivity index (χ0n) is 10.0. The second-order valence-corrected chi connectivity index (χ2v) is 5.02. The van der Waals surface area contributed by atoms with E-state index in [-0.39, 0.29) is 0 Å². The Morgan fingerprint density at radius 2 is 2.29 bits per heavy atom. The van der Waals surface area contributed by atoms with Crippen LogP contribution >= 0.6 is 0 Å². The Balaban J connectivity index is 1.71. The van der Waals surface area contributed by atoms with E-state index >= 15 is 0 Å². The smallest absolute Gasteiger partial charge is 0.321 e. The van der Waals surface area contributed by atoms with Crippen LogP contribution in [0.1, 0.15) is 32.1 Å². The third kappa shape index (κ3) is 3.40. The lowest BCUT2D eigenvalue weighted by Crippen LogP contribution is -2.36. The maximum atomic E-state index is 11.0. The number of hydrogen-bond acceptors (Lipinski definition) is 4. The molecule has 3 unspecified atom stereocenters. The summed E-state index contributed by atoms with van der Waals surface area (Å²) in [5.74, 6) is -0.821. The SMILES string of the molecule is O=C(O)C1CC(O)CN1CCCC1CCCO1. The molecule has 5 nitrogen and oxygen atoms in total. The minimum Gasteiger partial charge on any atom is -0.480 e. The van der Waals surface area contributed by atoms with E-state index in [1.165, 1.54) is 0 Å². The van der Waals surface area contributed by atoms with Gasteiger partial charge in [-0.25, -0.2) is 0 Å². The fourth-order valence-electron chi connectivity index (χ4n) is 2.78. The van der Waals surface area contributed by atoms with E-state index in [1.807, 2.05) is 4.90 Å². The standard InChI is InChI=1S/C12H21NO4/c14-9-7-11(12(15)16)13(8-9)5-1-3-10-4-2-6-17-10/h9-11,14H,1-8H2,(H,15,16). The van der Waals surface area contributed by atoms with Crippen LogP contribution in [-0.4, -0.2) is 59.0 Å². The molecule has 0 aliphatic carbocycles. The van der Waals surface area contributed by atoms with Crippen molar-refractivity contribution in [1.82, 2.24) is 4.90 Å². The zero-order chi connectivity index (χ0) is 12.3. The zero-order valence-corrected chi connectivity index (χ0v) is 10.0. The molecule has 5 heteroatoms. The Labute approximate surface area is 101 Å². The van der Waals surface area contributed by atoms with Crippen molar-refractivity contribution in [2.75, 3.05) is 19.7 Å². The van der Waals surface area contributed by atoms with Gasteiger partial charge in [0.15, 0.2) is 0 Å². The molecule has 2 saturated heterocycles. The van der Waals surface area contributed by atoms with E-state index < -0.39 is 18.1 Å². The molecule has 0 amide bonds. The van der Waals surface area contributed by atoms with Crippen LogP contribution < -0.4 is 0 Å². The highest BCUT2D eigenvalue weighted by molar-refractivity contribution is 5.74. The molecular formula is C12H21NO4. The van der Waals surface area contributed by atoms with Crippen LogP contribution in [0.4, 0.5) is 0 Å². The number of hydrogen-bond donors (Lipinski definition) is 2. The fourth-order valence-corrected chi connectivity index (χ4v) is 2.78. The summed E-state index contributed by atoms with van der Waals surface area (Å²) in [4.78, 5) is 12.9. The molecule has 0 aromatic carbocycles. The van der Waals surface area contributed by atoms with Crippen molar-refractivity contribution in [3.05, 3.63) is 0 Å². The van der Waals surface area contributed by atoms with Gasteiger partial charge in [0.05, 0.1) is 12.2 Å². The highest BCUT2D eigenvalue weighted by atomic mass is 16.5. The van der Waals surface area contributed by atoms with Gasteiger partial charge in [0.2, 0.25) is 0 Å². The Morgan fingerprint density at radius 3 is 2.94 bits per heavy atom. The van der Waals surface area contributed by atoms with Crippen molar-refractivity contribution in [3.63, 3.8) is 0 Å². The predicted molar refractivity (Wildman–Crippen MR) is 61.8 cm³/mol. The summed E-state index contributed by atoms with van der Waals surface area (Å²) in [6, 6.07) is -0.505. The third-order valence-electron chi connectivity index (χ3n) is 3.66. The van der Waals surface area contributed by atoms with Crippen molar-refractivity contribution in [1.29, 1.82) is 0 Å². The monoisotopic (exact) mass is 243 g/mol. The highest BCUT2D eigenvalue weighted by Crippen LogP contribution is 2.21. The van der Waals surface area contributed by atoms with Crippen LogP contribution in [0, 0.1) is 0 Å². The van der Waals surface area contributed by atoms with Gasteiger partial charge in [0.1, 0.15) is 6.04 Å². The molecule has 0 bridgehead atoms. The minimum absolute atomic E-state index is 0.356. The maximum absolute atomic E-state index is 11.0. The van der Waals surface area contributed by atoms with E-state index in [9.17, 15) is 9.90 Å². The number of carboxylic acid groups (broad SMARTS) is 1. The lowest BCUT2D eigenvalue weighted by Gasteiger charge is -2.21. The Morgan fingerprint density at radius 1 is 1.47 bits per heavy atom. The number of rotatable bonds is 5. The van der Waals surface area contributed by atoms with Crippen LogP contribution in [0.2, 0.25) is 0 Å². The molecule has 0 spiro atoms. The molecule has 17 heavy (non-hydrogen) atoms. The van der Waals surface area contributed by atoms with E-state index in [2.05, 4.69) is 0 Å². The number of ether oxygens (including phenoxy) is 1. The summed E-state index contributed by atoms with van der Waals surface area (Å²) < 4.78 is 5.53. The highest BCUT2D eigenvalue weighted by Gasteiger charge is 2.35. The first-order chi connectivity index (χ1) is 8.16. The van der Waals surface area contributed by atoms with Crippen LogP contribution in [0.25, 0.3) is 0 Å². The first-order valence-corrected chi connectivity index (χ1v) is 6.43. The number of aliphatic hydroxyl groups excluding tert-OH is 1. The largest absolute Gasteiger partial charge is 0.480 e. The first-order valence-electron chi connectivity index (χ1n) is 6.43. The first kappa shape index (κ1) is 12.8. The molecule has 2 heterocycles. The summed E-state index contributed by atoms with van der Waals surface area (Å²) in [7, 11) is 0. The maximum Gasteiger partial charge on any atom is 0.321 e. The summed E-state index contributed by atoms with van der Waals surface area (Å²) >= 11 is 0. The Hall–Kier alpha value is -0.650. The number of likely N-dealkylation sites (tertiary alicyclic amines) is 1. The topological polar surface area (TPSA) is 70.0 Å². The van der Waals surface area contributed by atoms with Gasteiger partial charge < -0.3 is 14.9 Å². The molecule has 2 rings (SSSR count). The molecule has 2 aliphatic rings. The quantitative estimate of drug-likeness (QED) is 0.734. The van der Waals surface area contributed by atoms with E-state index in [0.29, 0.717) is 19.1 Å². The van der Waals surface area contributed by atoms with Gasteiger partial charge in [-0.2, -0.15) is 0 Å². The Kier molecular flexibility index (Phi) is 4.36. The summed E-state index contributed by atoms with van der Waals surface area (Å²) in [6.07, 6.45) is 4.45. The molecule has 2 N–H and O–H groups in total. The van der Waals surface area contributed by atoms with Gasteiger partial charge in [-0.15, -0.1) is 0 Å². The van der Waals surface area contributed by atoms with Crippen molar-refractivity contribution >= 4 is 5.97 Å². The molecule has 2 aliphatic heterocycles. The lowest BCUT2D eigenvalue weighted by atomic mass is 10.1. The molecule has 0 radical (unpaired) electrons. The van der Waals surface area contributed by atoms with Crippen LogP contribution in [0.3, 0.4) is 0 Å². The molecule has 0 aromatic rings. The normalized spacial score (nSPS) is 34.3. The van der Waals surface area contributed by atoms with Crippen molar-refractivity contribution in [2.24, 2.45) is 0 Å². The van der Waals surface area contributed by atoms with Gasteiger partial charge in [0.25, 0.3) is 0 Å². The van der Waals surface area contributed by atoms with Crippen LogP contribution in [0.15, 0.2) is 0 Å². The van der Waals surface area contributed by atoms with Crippen molar-refractivity contribution < 1.29 is 19.7 Å². The average Bonchev–Trinajstić information content (AvgIpc) is 2.88. The van der Waals surface area contributed by atoms with Gasteiger partial charge in [-0.1, -0.05) is 0 Å². The van der Waals surface area contributed by atoms with Crippen molar-refractivity contribution in [3.8, 4) is 0 Å². The number of nitrogens with zero attached hydrogens (tertiary/aromatic N) is 1. The second kappa shape index (κ2) is 5.80. The average molecular weight is 243 g/mol. The summed E-state index contributed by atoms with van der Waals surface area (Å²) in [6.45, 7) is 2.10. The molecule has 2 fully saturated rings. The van der Waals surface area contributed by atoms with Gasteiger partial charge in [-0.3, -0.25) is 9.69 Å². The lowest BCUT2D eigenvalue weighted by molar-refractivity contribution is -0.142. The number of aliphatic carboxylic acids is 1. The van der Waals surface area contributed by atoms with Gasteiger partial charge in [0, 0.05) is 19.6 Å². The fraction of sp³-hybridized carbons (Fsp3) is 0.917. The van der Waals surface area contributed by atoms with Gasteiger partial charge in [-0.05, 0) is 32.2 Å². The number of carbonyl (C=O) groups is 1. The van der Waals surface area contributed by atoms with Gasteiger partial charge >= 0.3 is 5.97 Å². The van der Waals surface area contributed by atoms with E-state index in [4.69, 9.17) is 9.84 Å².